The van der Waals surface area contributed by atoms with Crippen molar-refractivity contribution in [3.8, 4) is 16.9 Å². The molecule has 3 aromatic carbocycles. The Morgan fingerprint density at radius 3 is 2.14 bits per heavy atom. The highest BCUT2D eigenvalue weighted by molar-refractivity contribution is 5.72. The molecule has 1 fully saturated rings. The minimum atomic E-state index is -0.813. The van der Waals surface area contributed by atoms with Crippen molar-refractivity contribution in [2.75, 3.05) is 13.2 Å². The first-order valence-corrected chi connectivity index (χ1v) is 12.3. The lowest BCUT2D eigenvalue weighted by molar-refractivity contribution is 0.0325. The molecule has 1 aliphatic rings. The first-order chi connectivity index (χ1) is 17.0. The lowest BCUT2D eigenvalue weighted by atomic mass is 9.82. The number of benzene rings is 3. The molecular formula is C30H31F3O2. The fourth-order valence-corrected chi connectivity index (χ4v) is 4.73. The molecule has 2 nitrogen and oxygen atoms in total. The van der Waals surface area contributed by atoms with Crippen molar-refractivity contribution in [3.05, 3.63) is 88.7 Å². The Morgan fingerprint density at radius 1 is 0.771 bits per heavy atom. The fraction of sp³-hybridized carbons (Fsp3) is 0.333. The van der Waals surface area contributed by atoms with E-state index in [1.165, 1.54) is 6.07 Å². The summed E-state index contributed by atoms with van der Waals surface area (Å²) in [6.07, 6.45) is 6.92. The first-order valence-electron chi connectivity index (χ1n) is 12.3. The van der Waals surface area contributed by atoms with Gasteiger partial charge in [0.25, 0.3) is 0 Å². The lowest BCUT2D eigenvalue weighted by Gasteiger charge is -2.29. The molecule has 0 spiro atoms. The molecule has 1 saturated carbocycles. The van der Waals surface area contributed by atoms with E-state index in [1.807, 2.05) is 44.2 Å². The predicted molar refractivity (Wildman–Crippen MR) is 135 cm³/mol. The van der Waals surface area contributed by atoms with Crippen LogP contribution in [-0.2, 0) is 4.74 Å². The normalized spacial score (nSPS) is 18.2. The van der Waals surface area contributed by atoms with Gasteiger partial charge in [0.1, 0.15) is 0 Å². The molecule has 0 aliphatic heterocycles. The van der Waals surface area contributed by atoms with E-state index >= 15 is 0 Å². The second-order valence-electron chi connectivity index (χ2n) is 8.83. The summed E-state index contributed by atoms with van der Waals surface area (Å²) >= 11 is 0. The van der Waals surface area contributed by atoms with E-state index in [0.29, 0.717) is 18.8 Å². The van der Waals surface area contributed by atoms with Gasteiger partial charge in [0.05, 0.1) is 12.7 Å². The summed E-state index contributed by atoms with van der Waals surface area (Å²) in [5.74, 6) is -1.71. The zero-order valence-electron chi connectivity index (χ0n) is 20.2. The van der Waals surface area contributed by atoms with Crippen LogP contribution in [0.5, 0.6) is 5.75 Å². The number of ether oxygens (including phenoxy) is 2. The summed E-state index contributed by atoms with van der Waals surface area (Å²) in [7, 11) is 0. The van der Waals surface area contributed by atoms with Gasteiger partial charge in [-0.2, -0.15) is 0 Å². The van der Waals surface area contributed by atoms with Crippen molar-refractivity contribution in [3.63, 3.8) is 0 Å². The van der Waals surface area contributed by atoms with E-state index in [2.05, 4.69) is 0 Å². The van der Waals surface area contributed by atoms with Crippen molar-refractivity contribution >= 4 is 12.2 Å². The van der Waals surface area contributed by atoms with Gasteiger partial charge in [0.2, 0.25) is 0 Å². The van der Waals surface area contributed by atoms with Crippen molar-refractivity contribution in [1.29, 1.82) is 0 Å². The largest absolute Gasteiger partial charge is 0.491 e. The summed E-state index contributed by atoms with van der Waals surface area (Å²) in [6, 6.07) is 15.7. The molecule has 0 atom stereocenters. The Balaban J connectivity index is 1.44. The monoisotopic (exact) mass is 480 g/mol. The van der Waals surface area contributed by atoms with E-state index in [9.17, 15) is 13.2 Å². The highest BCUT2D eigenvalue weighted by Gasteiger charge is 2.26. The van der Waals surface area contributed by atoms with Crippen LogP contribution in [-0.4, -0.2) is 19.3 Å². The molecule has 1 aliphatic carbocycles. The maximum absolute atomic E-state index is 14.9. The summed E-state index contributed by atoms with van der Waals surface area (Å²) in [6.45, 7) is 4.87. The van der Waals surface area contributed by atoms with Gasteiger partial charge >= 0.3 is 0 Å². The topological polar surface area (TPSA) is 18.5 Å². The first kappa shape index (κ1) is 25.1. The van der Waals surface area contributed by atoms with Crippen LogP contribution in [0.2, 0.25) is 0 Å². The van der Waals surface area contributed by atoms with Gasteiger partial charge in [0.15, 0.2) is 23.2 Å². The maximum atomic E-state index is 14.9. The minimum absolute atomic E-state index is 0.0271. The van der Waals surface area contributed by atoms with Crippen LogP contribution >= 0.6 is 0 Å². The SMILES string of the molecule is CCOc1ccc(-c2ccc(/C=C/c3ccc(C4CCC(OCC)CC4)c(F)c3F)cc2)cc1F. The Kier molecular flexibility index (Phi) is 8.29. The highest BCUT2D eigenvalue weighted by atomic mass is 19.2. The molecule has 0 radical (unpaired) electrons. The lowest BCUT2D eigenvalue weighted by Crippen LogP contribution is -2.21. The molecule has 5 heteroatoms. The third-order valence-corrected chi connectivity index (χ3v) is 6.59. The van der Waals surface area contributed by atoms with E-state index < -0.39 is 17.5 Å². The zero-order valence-corrected chi connectivity index (χ0v) is 20.2. The van der Waals surface area contributed by atoms with E-state index in [1.54, 1.807) is 30.4 Å². The van der Waals surface area contributed by atoms with Crippen molar-refractivity contribution in [2.45, 2.75) is 51.6 Å². The second kappa shape index (κ2) is 11.6. The molecule has 0 amide bonds. The average Bonchev–Trinajstić information content (AvgIpc) is 2.87. The highest BCUT2D eigenvalue weighted by Crippen LogP contribution is 2.36. The van der Waals surface area contributed by atoms with E-state index in [0.717, 1.165) is 42.4 Å². The van der Waals surface area contributed by atoms with Crippen LogP contribution in [0.4, 0.5) is 13.2 Å². The molecule has 184 valence electrons. The van der Waals surface area contributed by atoms with Gasteiger partial charge in [-0.3, -0.25) is 0 Å². The van der Waals surface area contributed by atoms with Gasteiger partial charge in [-0.05, 0) is 79.8 Å². The van der Waals surface area contributed by atoms with Crippen LogP contribution < -0.4 is 4.74 Å². The summed E-state index contributed by atoms with van der Waals surface area (Å²) in [5.41, 5.74) is 3.09. The number of hydrogen-bond donors (Lipinski definition) is 0. The molecule has 0 N–H and O–H groups in total. The Bertz CT molecular complexity index is 1160. The van der Waals surface area contributed by atoms with Crippen LogP contribution in [0, 0.1) is 17.5 Å². The number of halogens is 3. The van der Waals surface area contributed by atoms with Crippen LogP contribution in [0.15, 0.2) is 54.6 Å². The molecule has 0 unspecified atom stereocenters. The van der Waals surface area contributed by atoms with Gasteiger partial charge in [-0.15, -0.1) is 0 Å². The Labute approximate surface area is 205 Å². The maximum Gasteiger partial charge on any atom is 0.166 e. The molecular weight excluding hydrogens is 449 g/mol. The smallest absolute Gasteiger partial charge is 0.166 e. The Morgan fingerprint density at radius 2 is 1.49 bits per heavy atom. The molecule has 0 bridgehead atoms. The van der Waals surface area contributed by atoms with Crippen LogP contribution in [0.3, 0.4) is 0 Å². The van der Waals surface area contributed by atoms with Crippen LogP contribution in [0.1, 0.15) is 62.1 Å². The van der Waals surface area contributed by atoms with Gasteiger partial charge < -0.3 is 9.47 Å². The number of rotatable bonds is 8. The number of hydrogen-bond acceptors (Lipinski definition) is 2. The van der Waals surface area contributed by atoms with Gasteiger partial charge in [-0.25, -0.2) is 13.2 Å². The zero-order chi connectivity index (χ0) is 24.8. The quantitative estimate of drug-likeness (QED) is 0.301. The van der Waals surface area contributed by atoms with Gasteiger partial charge in [-0.1, -0.05) is 54.6 Å². The fourth-order valence-electron chi connectivity index (χ4n) is 4.73. The molecule has 3 aromatic rings. The molecule has 0 saturated heterocycles. The van der Waals surface area contributed by atoms with Crippen molar-refractivity contribution in [1.82, 2.24) is 0 Å². The molecule has 4 rings (SSSR count). The molecule has 0 aromatic heterocycles. The van der Waals surface area contributed by atoms with E-state index in [4.69, 9.17) is 9.47 Å². The van der Waals surface area contributed by atoms with Crippen molar-refractivity contribution in [2.24, 2.45) is 0 Å². The second-order valence-corrected chi connectivity index (χ2v) is 8.83. The third-order valence-electron chi connectivity index (χ3n) is 6.59. The predicted octanol–water partition coefficient (Wildman–Crippen LogP) is 8.40. The van der Waals surface area contributed by atoms with Crippen LogP contribution in [0.25, 0.3) is 23.3 Å². The summed E-state index contributed by atoms with van der Waals surface area (Å²) < 4.78 is 54.8. The van der Waals surface area contributed by atoms with Gasteiger partial charge in [0, 0.05) is 12.2 Å². The molecule has 35 heavy (non-hydrogen) atoms. The summed E-state index contributed by atoms with van der Waals surface area (Å²) in [4.78, 5) is 0. The standard InChI is InChI=1S/C30H31F3O2/c1-3-34-25-15-11-22(12-16-25)26-17-13-23(29(32)30(26)33)10-7-20-5-8-21(9-6-20)24-14-18-28(35-4-2)27(31)19-24/h5-10,13-14,17-19,22,25H,3-4,11-12,15-16H2,1-2H3/b10-7+. The third kappa shape index (κ3) is 5.96. The Hall–Kier alpha value is -3.05. The summed E-state index contributed by atoms with van der Waals surface area (Å²) in [5, 5.41) is 0. The van der Waals surface area contributed by atoms with E-state index in [-0.39, 0.29) is 23.3 Å². The minimum Gasteiger partial charge on any atom is -0.491 e. The molecule has 0 heterocycles. The average molecular weight is 481 g/mol. The van der Waals surface area contributed by atoms with Crippen molar-refractivity contribution < 1.29 is 22.6 Å².